The minimum Gasteiger partial charge on any atom is -0.380 e. The molecular formula is C15H15BrN4. The number of rotatable bonds is 3. The summed E-state index contributed by atoms with van der Waals surface area (Å²) in [6, 6.07) is 8.14. The van der Waals surface area contributed by atoms with Gasteiger partial charge >= 0.3 is 0 Å². The van der Waals surface area contributed by atoms with Crippen molar-refractivity contribution in [1.29, 1.82) is 0 Å². The van der Waals surface area contributed by atoms with E-state index in [2.05, 4.69) is 50.4 Å². The van der Waals surface area contributed by atoms with Crippen molar-refractivity contribution >= 4 is 27.3 Å². The van der Waals surface area contributed by atoms with Crippen molar-refractivity contribution in [2.75, 3.05) is 5.32 Å². The Bertz CT molecular complexity index is 764. The molecule has 5 heteroatoms. The van der Waals surface area contributed by atoms with Crippen molar-refractivity contribution in [1.82, 2.24) is 14.6 Å². The Kier molecular flexibility index (Phi) is 3.44. The largest absolute Gasteiger partial charge is 0.380 e. The van der Waals surface area contributed by atoms with Gasteiger partial charge in [-0.15, -0.1) is 0 Å². The van der Waals surface area contributed by atoms with Crippen LogP contribution in [0.15, 0.2) is 41.1 Å². The Morgan fingerprint density at radius 3 is 3.00 bits per heavy atom. The first-order valence-corrected chi connectivity index (χ1v) is 7.23. The number of anilines is 1. The molecule has 0 spiro atoms. The molecule has 0 amide bonds. The van der Waals surface area contributed by atoms with E-state index in [0.717, 1.165) is 27.1 Å². The molecule has 2 aromatic heterocycles. The first-order chi connectivity index (χ1) is 9.63. The zero-order valence-electron chi connectivity index (χ0n) is 11.4. The fourth-order valence-corrected chi connectivity index (χ4v) is 2.51. The summed E-state index contributed by atoms with van der Waals surface area (Å²) in [5.41, 5.74) is 5.24. The number of aromatic nitrogens is 3. The maximum Gasteiger partial charge on any atom is 0.155 e. The van der Waals surface area contributed by atoms with E-state index in [9.17, 15) is 0 Å². The van der Waals surface area contributed by atoms with Crippen LogP contribution in [0.25, 0.3) is 5.65 Å². The summed E-state index contributed by atoms with van der Waals surface area (Å²) >= 11 is 3.60. The Balaban J connectivity index is 1.81. The van der Waals surface area contributed by atoms with Crippen LogP contribution in [0.2, 0.25) is 0 Å². The van der Waals surface area contributed by atoms with E-state index in [-0.39, 0.29) is 0 Å². The average Bonchev–Trinajstić information content (AvgIpc) is 2.79. The topological polar surface area (TPSA) is 42.2 Å². The fraction of sp³-hybridized carbons (Fsp3) is 0.200. The molecule has 4 nitrogen and oxygen atoms in total. The number of benzene rings is 1. The molecule has 20 heavy (non-hydrogen) atoms. The molecular weight excluding hydrogens is 316 g/mol. The van der Waals surface area contributed by atoms with Gasteiger partial charge in [0.25, 0.3) is 0 Å². The van der Waals surface area contributed by atoms with Gasteiger partial charge in [-0.2, -0.15) is 5.10 Å². The molecule has 0 radical (unpaired) electrons. The number of fused-ring (bicyclic) bond motifs is 1. The molecule has 0 aliphatic carbocycles. The van der Waals surface area contributed by atoms with Crippen LogP contribution < -0.4 is 5.32 Å². The molecule has 0 fully saturated rings. The first-order valence-electron chi connectivity index (χ1n) is 6.43. The lowest BCUT2D eigenvalue weighted by Crippen LogP contribution is -2.03. The van der Waals surface area contributed by atoms with Gasteiger partial charge in [0.2, 0.25) is 0 Å². The van der Waals surface area contributed by atoms with Gasteiger partial charge in [-0.3, -0.25) is 0 Å². The maximum absolute atomic E-state index is 4.40. The van der Waals surface area contributed by atoms with E-state index in [1.807, 2.05) is 36.0 Å². The molecule has 2 heterocycles. The van der Waals surface area contributed by atoms with Crippen LogP contribution in [-0.2, 0) is 6.54 Å². The van der Waals surface area contributed by atoms with E-state index in [1.54, 1.807) is 0 Å². The zero-order valence-corrected chi connectivity index (χ0v) is 13.0. The van der Waals surface area contributed by atoms with Crippen LogP contribution >= 0.6 is 15.9 Å². The highest BCUT2D eigenvalue weighted by Crippen LogP contribution is 2.26. The molecule has 0 aliphatic heterocycles. The zero-order chi connectivity index (χ0) is 14.1. The molecule has 0 bridgehead atoms. The Morgan fingerprint density at radius 2 is 2.15 bits per heavy atom. The molecule has 0 atom stereocenters. The summed E-state index contributed by atoms with van der Waals surface area (Å²) in [5, 5.41) is 7.79. The summed E-state index contributed by atoms with van der Waals surface area (Å²) in [6.45, 7) is 4.76. The highest BCUT2D eigenvalue weighted by atomic mass is 79.9. The van der Waals surface area contributed by atoms with Crippen molar-refractivity contribution in [3.05, 3.63) is 58.0 Å². The minimum atomic E-state index is 0.712. The number of hydrogen-bond acceptors (Lipinski definition) is 3. The van der Waals surface area contributed by atoms with Gasteiger partial charge in [0.1, 0.15) is 0 Å². The third-order valence-electron chi connectivity index (χ3n) is 3.16. The molecule has 102 valence electrons. The number of aryl methyl sites for hydroxylation is 2. The normalized spacial score (nSPS) is 10.9. The molecule has 0 aliphatic rings. The molecule has 0 unspecified atom stereocenters. The van der Waals surface area contributed by atoms with Crippen LogP contribution in [0.3, 0.4) is 0 Å². The van der Waals surface area contributed by atoms with E-state index in [4.69, 9.17) is 0 Å². The number of hydrogen-bond donors (Lipinski definition) is 1. The van der Waals surface area contributed by atoms with E-state index in [0.29, 0.717) is 6.54 Å². The van der Waals surface area contributed by atoms with E-state index >= 15 is 0 Å². The molecule has 0 saturated heterocycles. The maximum atomic E-state index is 4.40. The number of nitrogens with zero attached hydrogens (tertiary/aromatic N) is 3. The van der Waals surface area contributed by atoms with Gasteiger partial charge in [0, 0.05) is 40.7 Å². The van der Waals surface area contributed by atoms with Crippen molar-refractivity contribution < 1.29 is 0 Å². The lowest BCUT2D eigenvalue weighted by atomic mass is 10.2. The van der Waals surface area contributed by atoms with Gasteiger partial charge in [0.15, 0.2) is 5.65 Å². The quantitative estimate of drug-likeness (QED) is 0.795. The molecule has 3 rings (SSSR count). The first kappa shape index (κ1) is 13.1. The van der Waals surface area contributed by atoms with Gasteiger partial charge < -0.3 is 5.32 Å². The number of halogens is 1. The fourth-order valence-electron chi connectivity index (χ4n) is 2.11. The third kappa shape index (κ3) is 2.54. The SMILES string of the molecule is Cc1cc2ncc(CNc3cccc(C)c3Br)cn2n1. The smallest absolute Gasteiger partial charge is 0.155 e. The van der Waals surface area contributed by atoms with Crippen LogP contribution in [0.5, 0.6) is 0 Å². The molecule has 3 aromatic rings. The highest BCUT2D eigenvalue weighted by molar-refractivity contribution is 9.10. The predicted octanol–water partition coefficient (Wildman–Crippen LogP) is 3.72. The minimum absolute atomic E-state index is 0.712. The van der Waals surface area contributed by atoms with Gasteiger partial charge in [-0.25, -0.2) is 9.50 Å². The van der Waals surface area contributed by atoms with E-state index in [1.165, 1.54) is 5.56 Å². The summed E-state index contributed by atoms with van der Waals surface area (Å²) < 4.78 is 2.92. The highest BCUT2D eigenvalue weighted by Gasteiger charge is 2.04. The third-order valence-corrected chi connectivity index (χ3v) is 4.22. The van der Waals surface area contributed by atoms with Crippen molar-refractivity contribution in [2.24, 2.45) is 0 Å². The van der Waals surface area contributed by atoms with Gasteiger partial charge in [-0.05, 0) is 41.4 Å². The summed E-state index contributed by atoms with van der Waals surface area (Å²) in [6.07, 6.45) is 3.89. The van der Waals surface area contributed by atoms with Crippen LogP contribution in [0.1, 0.15) is 16.8 Å². The number of nitrogens with one attached hydrogen (secondary N) is 1. The van der Waals surface area contributed by atoms with E-state index < -0.39 is 0 Å². The summed E-state index contributed by atoms with van der Waals surface area (Å²) in [7, 11) is 0. The lowest BCUT2D eigenvalue weighted by molar-refractivity contribution is 0.895. The van der Waals surface area contributed by atoms with Crippen molar-refractivity contribution in [3.63, 3.8) is 0 Å². The monoisotopic (exact) mass is 330 g/mol. The van der Waals surface area contributed by atoms with Crippen molar-refractivity contribution in [3.8, 4) is 0 Å². The average molecular weight is 331 g/mol. The Morgan fingerprint density at radius 1 is 1.30 bits per heavy atom. The second-order valence-corrected chi connectivity index (χ2v) is 5.63. The second-order valence-electron chi connectivity index (χ2n) is 4.84. The summed E-state index contributed by atoms with van der Waals surface area (Å²) in [5.74, 6) is 0. The lowest BCUT2D eigenvalue weighted by Gasteiger charge is -2.10. The van der Waals surface area contributed by atoms with Crippen molar-refractivity contribution in [2.45, 2.75) is 20.4 Å². The molecule has 0 saturated carbocycles. The molecule has 1 aromatic carbocycles. The summed E-state index contributed by atoms with van der Waals surface area (Å²) in [4.78, 5) is 4.40. The van der Waals surface area contributed by atoms with Gasteiger partial charge in [-0.1, -0.05) is 12.1 Å². The van der Waals surface area contributed by atoms with Crippen LogP contribution in [0.4, 0.5) is 5.69 Å². The van der Waals surface area contributed by atoms with Crippen LogP contribution in [0, 0.1) is 13.8 Å². The second kappa shape index (κ2) is 5.25. The Labute approximate surface area is 126 Å². The predicted molar refractivity (Wildman–Crippen MR) is 83.9 cm³/mol. The Hall–Kier alpha value is -1.88. The molecule has 1 N–H and O–H groups in total. The van der Waals surface area contributed by atoms with Gasteiger partial charge in [0.05, 0.1) is 5.69 Å². The standard InChI is InChI=1S/C15H15BrN4/c1-10-4-3-5-13(15(10)16)17-7-12-8-18-14-6-11(2)19-20(14)9-12/h3-6,8-9,17H,7H2,1-2H3. The van der Waals surface area contributed by atoms with Crippen LogP contribution in [-0.4, -0.2) is 14.6 Å².